The first kappa shape index (κ1) is 23.1. The summed E-state index contributed by atoms with van der Waals surface area (Å²) in [6.07, 6.45) is 4.29. The highest BCUT2D eigenvalue weighted by molar-refractivity contribution is 5.92. The zero-order valence-electron chi connectivity index (χ0n) is 18.3. The van der Waals surface area contributed by atoms with E-state index < -0.39 is 0 Å². The molecule has 4 N–H and O–H groups in total. The van der Waals surface area contributed by atoms with Gasteiger partial charge in [0.25, 0.3) is 6.47 Å². The number of anilines is 1. The SMILES string of the molecule is Cc1nc(CCNC(=O)C2CCC(Nc3nnc(C)c4ccccc34)CC2)n[nH]1.O=CO. The monoisotopic (exact) mass is 439 g/mol. The van der Waals surface area contributed by atoms with Crippen molar-refractivity contribution in [3.63, 3.8) is 0 Å². The summed E-state index contributed by atoms with van der Waals surface area (Å²) in [5.41, 5.74) is 0.937. The highest BCUT2D eigenvalue weighted by Gasteiger charge is 2.26. The predicted molar refractivity (Wildman–Crippen MR) is 120 cm³/mol. The molecule has 2 aromatic heterocycles. The molecule has 0 atom stereocenters. The van der Waals surface area contributed by atoms with Crippen molar-refractivity contribution in [2.45, 2.75) is 52.0 Å². The summed E-state index contributed by atoms with van der Waals surface area (Å²) in [5.74, 6) is 2.57. The van der Waals surface area contributed by atoms with E-state index in [0.717, 1.165) is 59.6 Å². The van der Waals surface area contributed by atoms with Crippen LogP contribution in [0.25, 0.3) is 10.8 Å². The lowest BCUT2D eigenvalue weighted by Crippen LogP contribution is -2.37. The number of carbonyl (C=O) groups is 2. The number of rotatable bonds is 6. The minimum Gasteiger partial charge on any atom is -0.483 e. The minimum absolute atomic E-state index is 0.0720. The summed E-state index contributed by atoms with van der Waals surface area (Å²) in [7, 11) is 0. The van der Waals surface area contributed by atoms with Crippen LogP contribution in [0.1, 0.15) is 43.0 Å². The molecule has 3 aromatic rings. The summed E-state index contributed by atoms with van der Waals surface area (Å²) in [6.45, 7) is 4.16. The van der Waals surface area contributed by atoms with Crippen LogP contribution in [-0.4, -0.2) is 55.5 Å². The lowest BCUT2D eigenvalue weighted by Gasteiger charge is -2.29. The van der Waals surface area contributed by atoms with Crippen molar-refractivity contribution in [1.82, 2.24) is 30.7 Å². The fraction of sp³-hybridized carbons (Fsp3) is 0.455. The number of hydrogen-bond donors (Lipinski definition) is 4. The number of amides is 1. The quantitative estimate of drug-likeness (QED) is 0.428. The highest BCUT2D eigenvalue weighted by atomic mass is 16.3. The Balaban J connectivity index is 0.000000913. The third-order valence-corrected chi connectivity index (χ3v) is 5.60. The van der Waals surface area contributed by atoms with E-state index in [1.165, 1.54) is 0 Å². The summed E-state index contributed by atoms with van der Waals surface area (Å²) < 4.78 is 0. The van der Waals surface area contributed by atoms with Gasteiger partial charge >= 0.3 is 0 Å². The van der Waals surface area contributed by atoms with E-state index in [9.17, 15) is 4.79 Å². The van der Waals surface area contributed by atoms with E-state index in [1.54, 1.807) is 0 Å². The average molecular weight is 440 g/mol. The maximum Gasteiger partial charge on any atom is 0.290 e. The van der Waals surface area contributed by atoms with Gasteiger partial charge in [-0.25, -0.2) is 4.98 Å². The summed E-state index contributed by atoms with van der Waals surface area (Å²) in [5, 5.41) is 31.3. The molecule has 1 aliphatic rings. The zero-order chi connectivity index (χ0) is 22.9. The fourth-order valence-corrected chi connectivity index (χ4v) is 3.98. The molecule has 1 fully saturated rings. The molecule has 1 aliphatic carbocycles. The van der Waals surface area contributed by atoms with Gasteiger partial charge in [-0.1, -0.05) is 24.3 Å². The van der Waals surface area contributed by atoms with E-state index in [1.807, 2.05) is 26.0 Å². The van der Waals surface area contributed by atoms with Gasteiger partial charge < -0.3 is 15.7 Å². The number of H-pyrrole nitrogens is 1. The van der Waals surface area contributed by atoms with Gasteiger partial charge in [-0.2, -0.15) is 10.2 Å². The summed E-state index contributed by atoms with van der Waals surface area (Å²) in [6, 6.07) is 8.51. The van der Waals surface area contributed by atoms with Crippen molar-refractivity contribution in [2.75, 3.05) is 11.9 Å². The Morgan fingerprint density at radius 2 is 1.84 bits per heavy atom. The summed E-state index contributed by atoms with van der Waals surface area (Å²) >= 11 is 0. The van der Waals surface area contributed by atoms with E-state index in [0.29, 0.717) is 19.0 Å². The molecule has 0 spiro atoms. The molecule has 0 saturated heterocycles. The molecular weight excluding hydrogens is 410 g/mol. The molecule has 10 heteroatoms. The first-order valence-electron chi connectivity index (χ1n) is 10.7. The first-order chi connectivity index (χ1) is 15.5. The van der Waals surface area contributed by atoms with Crippen LogP contribution in [-0.2, 0) is 16.0 Å². The number of fused-ring (bicyclic) bond motifs is 1. The number of aromatic amines is 1. The van der Waals surface area contributed by atoms with E-state index in [2.05, 4.69) is 48.1 Å². The van der Waals surface area contributed by atoms with Gasteiger partial charge in [-0.05, 0) is 39.5 Å². The van der Waals surface area contributed by atoms with Crippen LogP contribution in [0.5, 0.6) is 0 Å². The van der Waals surface area contributed by atoms with E-state index in [-0.39, 0.29) is 18.3 Å². The minimum atomic E-state index is -0.250. The highest BCUT2D eigenvalue weighted by Crippen LogP contribution is 2.29. The maximum absolute atomic E-state index is 12.5. The van der Waals surface area contributed by atoms with E-state index in [4.69, 9.17) is 9.90 Å². The van der Waals surface area contributed by atoms with Crippen LogP contribution >= 0.6 is 0 Å². The average Bonchev–Trinajstić information content (AvgIpc) is 3.22. The molecule has 4 rings (SSSR count). The van der Waals surface area contributed by atoms with Crippen molar-refractivity contribution >= 4 is 29.0 Å². The first-order valence-corrected chi connectivity index (χ1v) is 10.7. The molecule has 0 bridgehead atoms. The normalized spacial score (nSPS) is 17.8. The molecule has 1 amide bonds. The molecule has 1 aromatic carbocycles. The number of hydrogen-bond acceptors (Lipinski definition) is 7. The Bertz CT molecular complexity index is 1040. The Hall–Kier alpha value is -3.56. The van der Waals surface area contributed by atoms with Crippen molar-refractivity contribution in [3.8, 4) is 0 Å². The standard InChI is InChI=1S/C21H27N7O.CH2O2/c1-13-17-5-3-4-6-18(17)20(28-25-13)24-16-9-7-15(8-10-16)21(29)22-12-11-19-23-14(2)26-27-19;2-1-3/h3-6,15-16H,7-12H2,1-2H3,(H,22,29)(H,24,28)(H,23,26,27);1H,(H,2,3). The second-order valence-corrected chi connectivity index (χ2v) is 7.86. The van der Waals surface area contributed by atoms with Crippen molar-refractivity contribution in [1.29, 1.82) is 0 Å². The fourth-order valence-electron chi connectivity index (χ4n) is 3.98. The molecule has 2 heterocycles. The van der Waals surface area contributed by atoms with Gasteiger partial charge in [0.15, 0.2) is 11.6 Å². The van der Waals surface area contributed by atoms with Gasteiger partial charge in [0.1, 0.15) is 5.82 Å². The van der Waals surface area contributed by atoms with Gasteiger partial charge in [-0.3, -0.25) is 14.7 Å². The number of nitrogens with one attached hydrogen (secondary N) is 3. The largest absolute Gasteiger partial charge is 0.483 e. The Kier molecular flexibility index (Phi) is 8.07. The molecule has 1 saturated carbocycles. The number of aromatic nitrogens is 5. The zero-order valence-corrected chi connectivity index (χ0v) is 18.3. The molecule has 32 heavy (non-hydrogen) atoms. The van der Waals surface area contributed by atoms with Gasteiger partial charge in [0, 0.05) is 35.7 Å². The van der Waals surface area contributed by atoms with Gasteiger partial charge in [0.05, 0.1) is 5.69 Å². The van der Waals surface area contributed by atoms with Crippen LogP contribution in [0.3, 0.4) is 0 Å². The summed E-state index contributed by atoms with van der Waals surface area (Å²) in [4.78, 5) is 25.1. The predicted octanol–water partition coefficient (Wildman–Crippen LogP) is 2.40. The molecule has 0 unspecified atom stereocenters. The van der Waals surface area contributed by atoms with Crippen molar-refractivity contribution in [2.24, 2.45) is 5.92 Å². The third-order valence-electron chi connectivity index (χ3n) is 5.60. The van der Waals surface area contributed by atoms with Crippen LogP contribution in [0.4, 0.5) is 5.82 Å². The van der Waals surface area contributed by atoms with Gasteiger partial charge in [0.2, 0.25) is 5.91 Å². The van der Waals surface area contributed by atoms with Crippen LogP contribution in [0.15, 0.2) is 24.3 Å². The topological polar surface area (TPSA) is 146 Å². The molecule has 10 nitrogen and oxygen atoms in total. The molecule has 170 valence electrons. The number of nitrogens with zero attached hydrogens (tertiary/aromatic N) is 4. The van der Waals surface area contributed by atoms with Crippen molar-refractivity contribution < 1.29 is 14.7 Å². The Morgan fingerprint density at radius 1 is 1.16 bits per heavy atom. The second kappa shape index (κ2) is 11.2. The lowest BCUT2D eigenvalue weighted by atomic mass is 9.85. The number of carbonyl (C=O) groups excluding carboxylic acids is 1. The molecule has 0 radical (unpaired) electrons. The number of aryl methyl sites for hydroxylation is 2. The lowest BCUT2D eigenvalue weighted by molar-refractivity contribution is -0.126. The molecule has 0 aliphatic heterocycles. The second-order valence-electron chi connectivity index (χ2n) is 7.86. The Labute approximate surface area is 186 Å². The number of carboxylic acid groups (broad SMARTS) is 1. The van der Waals surface area contributed by atoms with Crippen LogP contribution in [0, 0.1) is 19.8 Å². The Morgan fingerprint density at radius 3 is 2.50 bits per heavy atom. The van der Waals surface area contributed by atoms with Crippen LogP contribution < -0.4 is 10.6 Å². The van der Waals surface area contributed by atoms with E-state index >= 15 is 0 Å². The van der Waals surface area contributed by atoms with Crippen molar-refractivity contribution in [3.05, 3.63) is 41.6 Å². The van der Waals surface area contributed by atoms with Gasteiger partial charge in [-0.15, -0.1) is 5.10 Å². The third kappa shape index (κ3) is 5.99. The molecular formula is C22H29N7O3. The smallest absolute Gasteiger partial charge is 0.290 e. The number of benzene rings is 1. The van der Waals surface area contributed by atoms with Crippen LogP contribution in [0.2, 0.25) is 0 Å². The maximum atomic E-state index is 12.5.